The Balaban J connectivity index is 1.41. The number of aromatic nitrogens is 3. The Hall–Kier alpha value is -1.85. The highest BCUT2D eigenvalue weighted by atomic mass is 15.3. The zero-order valence-corrected chi connectivity index (χ0v) is 15.9. The van der Waals surface area contributed by atoms with E-state index in [0.29, 0.717) is 12.0 Å². The molecule has 5 heterocycles. The fraction of sp³-hybridized carbons (Fsp3) is 0.571. The predicted octanol–water partition coefficient (Wildman–Crippen LogP) is 3.09. The number of pyridine rings is 1. The van der Waals surface area contributed by atoms with Crippen LogP contribution in [0.25, 0.3) is 0 Å². The van der Waals surface area contributed by atoms with Crippen LogP contribution in [0, 0.1) is 5.92 Å². The molecule has 3 fully saturated rings. The topological polar surface area (TPSA) is 45.2 Å². The Morgan fingerprint density at radius 3 is 2.58 bits per heavy atom. The molecule has 0 unspecified atom stereocenters. The number of nitrogens with zero attached hydrogens (tertiary/aromatic N) is 5. The van der Waals surface area contributed by atoms with E-state index in [1.807, 2.05) is 30.9 Å². The number of rotatable bonds is 5. The van der Waals surface area contributed by atoms with E-state index in [1.54, 1.807) is 0 Å². The molecule has 0 saturated carbocycles. The zero-order chi connectivity index (χ0) is 17.9. The summed E-state index contributed by atoms with van der Waals surface area (Å²) >= 11 is 0. The minimum absolute atomic E-state index is 0.388. The Labute approximate surface area is 156 Å². The SMILES string of the molecule is CC(C)c1ncc(CN2C[C@H]3CC[C@@H]2CN(Cc2cccnc2)C3)cn1. The van der Waals surface area contributed by atoms with Gasteiger partial charge in [-0.15, -0.1) is 0 Å². The molecule has 2 bridgehead atoms. The van der Waals surface area contributed by atoms with E-state index in [0.717, 1.165) is 31.4 Å². The summed E-state index contributed by atoms with van der Waals surface area (Å²) in [6.45, 7) is 9.81. The monoisotopic (exact) mass is 351 g/mol. The summed E-state index contributed by atoms with van der Waals surface area (Å²) in [5.74, 6) is 2.09. The first-order valence-corrected chi connectivity index (χ1v) is 9.83. The second-order valence-corrected chi connectivity index (χ2v) is 8.19. The van der Waals surface area contributed by atoms with Crippen LogP contribution in [0.2, 0.25) is 0 Å². The summed E-state index contributed by atoms with van der Waals surface area (Å²) < 4.78 is 0. The van der Waals surface area contributed by atoms with E-state index in [2.05, 4.69) is 44.7 Å². The molecule has 3 aliphatic heterocycles. The van der Waals surface area contributed by atoms with Gasteiger partial charge in [0.15, 0.2) is 0 Å². The molecule has 3 saturated heterocycles. The van der Waals surface area contributed by atoms with Crippen molar-refractivity contribution in [1.29, 1.82) is 0 Å². The number of piperidine rings is 1. The van der Waals surface area contributed by atoms with Crippen molar-refractivity contribution in [3.63, 3.8) is 0 Å². The van der Waals surface area contributed by atoms with Crippen molar-refractivity contribution in [2.45, 2.75) is 51.7 Å². The highest BCUT2D eigenvalue weighted by Gasteiger charge is 2.34. The minimum Gasteiger partial charge on any atom is -0.297 e. The summed E-state index contributed by atoms with van der Waals surface area (Å²) in [5.41, 5.74) is 2.55. The Kier molecular flexibility index (Phi) is 5.27. The summed E-state index contributed by atoms with van der Waals surface area (Å²) in [5, 5.41) is 0. The maximum atomic E-state index is 4.54. The summed E-state index contributed by atoms with van der Waals surface area (Å²) in [6.07, 6.45) is 10.6. The fourth-order valence-corrected chi connectivity index (χ4v) is 4.33. The van der Waals surface area contributed by atoms with Crippen molar-refractivity contribution >= 4 is 0 Å². The van der Waals surface area contributed by atoms with Crippen LogP contribution in [0.5, 0.6) is 0 Å². The van der Waals surface area contributed by atoms with Crippen LogP contribution >= 0.6 is 0 Å². The zero-order valence-electron chi connectivity index (χ0n) is 15.9. The van der Waals surface area contributed by atoms with Gasteiger partial charge in [-0.05, 0) is 30.4 Å². The molecule has 0 aliphatic carbocycles. The van der Waals surface area contributed by atoms with Crippen molar-refractivity contribution in [3.05, 3.63) is 53.9 Å². The predicted molar refractivity (Wildman–Crippen MR) is 103 cm³/mol. The van der Waals surface area contributed by atoms with Crippen molar-refractivity contribution in [2.24, 2.45) is 5.92 Å². The van der Waals surface area contributed by atoms with Crippen LogP contribution in [-0.2, 0) is 13.1 Å². The molecular formula is C21H29N5. The van der Waals surface area contributed by atoms with Gasteiger partial charge in [0.25, 0.3) is 0 Å². The molecule has 0 radical (unpaired) electrons. The maximum absolute atomic E-state index is 4.54. The first-order valence-electron chi connectivity index (χ1n) is 9.83. The number of hydrogen-bond donors (Lipinski definition) is 0. The summed E-state index contributed by atoms with van der Waals surface area (Å²) in [7, 11) is 0. The average molecular weight is 351 g/mol. The van der Waals surface area contributed by atoms with Gasteiger partial charge in [0, 0.05) is 75.0 Å². The van der Waals surface area contributed by atoms with Crippen LogP contribution in [0.3, 0.4) is 0 Å². The Bertz CT molecular complexity index is 700. The third-order valence-corrected chi connectivity index (χ3v) is 5.66. The fourth-order valence-electron chi connectivity index (χ4n) is 4.33. The third kappa shape index (κ3) is 4.10. The van der Waals surface area contributed by atoms with Crippen molar-refractivity contribution in [3.8, 4) is 0 Å². The lowest BCUT2D eigenvalue weighted by molar-refractivity contribution is 0.123. The van der Waals surface area contributed by atoms with Crippen LogP contribution < -0.4 is 0 Å². The maximum Gasteiger partial charge on any atom is 0.130 e. The molecule has 5 nitrogen and oxygen atoms in total. The normalized spacial score (nSPS) is 24.1. The summed E-state index contributed by atoms with van der Waals surface area (Å²) in [4.78, 5) is 18.6. The van der Waals surface area contributed by atoms with Crippen LogP contribution in [0.15, 0.2) is 36.9 Å². The smallest absolute Gasteiger partial charge is 0.130 e. The Morgan fingerprint density at radius 1 is 1.00 bits per heavy atom. The standard InChI is InChI=1S/C21H29N5/c1-16(2)21-23-9-19(10-24-21)14-26-13-18-5-6-20(26)15-25(12-18)11-17-4-3-7-22-8-17/h3-4,7-10,16,18,20H,5-6,11-15H2,1-2H3/t18-,20+/m0/s1. The summed E-state index contributed by atoms with van der Waals surface area (Å²) in [6, 6.07) is 4.86. The quantitative estimate of drug-likeness (QED) is 0.828. The van der Waals surface area contributed by atoms with Crippen LogP contribution in [0.4, 0.5) is 0 Å². The van der Waals surface area contributed by atoms with E-state index in [1.165, 1.54) is 37.1 Å². The van der Waals surface area contributed by atoms with E-state index in [4.69, 9.17) is 0 Å². The van der Waals surface area contributed by atoms with E-state index >= 15 is 0 Å². The highest BCUT2D eigenvalue weighted by molar-refractivity contribution is 5.10. The lowest BCUT2D eigenvalue weighted by atomic mass is 9.95. The molecule has 0 N–H and O–H groups in total. The average Bonchev–Trinajstić information content (AvgIpc) is 2.93. The van der Waals surface area contributed by atoms with Gasteiger partial charge >= 0.3 is 0 Å². The van der Waals surface area contributed by atoms with Gasteiger partial charge in [-0.1, -0.05) is 19.9 Å². The second-order valence-electron chi connectivity index (χ2n) is 8.19. The molecule has 0 spiro atoms. The molecule has 3 aliphatic rings. The third-order valence-electron chi connectivity index (χ3n) is 5.66. The lowest BCUT2D eigenvalue weighted by Crippen LogP contribution is -2.43. The first-order chi connectivity index (χ1) is 12.7. The molecule has 0 aromatic carbocycles. The molecular weight excluding hydrogens is 322 g/mol. The number of hydrogen-bond acceptors (Lipinski definition) is 5. The first kappa shape index (κ1) is 17.6. The van der Waals surface area contributed by atoms with E-state index < -0.39 is 0 Å². The van der Waals surface area contributed by atoms with Gasteiger partial charge in [-0.3, -0.25) is 14.8 Å². The van der Waals surface area contributed by atoms with E-state index in [-0.39, 0.29) is 0 Å². The number of fused-ring (bicyclic) bond motifs is 4. The molecule has 138 valence electrons. The van der Waals surface area contributed by atoms with Gasteiger partial charge in [-0.25, -0.2) is 9.97 Å². The van der Waals surface area contributed by atoms with E-state index in [9.17, 15) is 0 Å². The highest BCUT2D eigenvalue weighted by Crippen LogP contribution is 2.29. The van der Waals surface area contributed by atoms with Crippen molar-refractivity contribution < 1.29 is 0 Å². The van der Waals surface area contributed by atoms with Crippen LogP contribution in [0.1, 0.15) is 49.6 Å². The van der Waals surface area contributed by atoms with Gasteiger partial charge in [0.05, 0.1) is 0 Å². The Morgan fingerprint density at radius 2 is 1.85 bits per heavy atom. The molecule has 5 heteroatoms. The van der Waals surface area contributed by atoms with Crippen molar-refractivity contribution in [1.82, 2.24) is 24.8 Å². The minimum atomic E-state index is 0.388. The van der Waals surface area contributed by atoms with Crippen LogP contribution in [-0.4, -0.2) is 50.4 Å². The molecule has 5 rings (SSSR count). The van der Waals surface area contributed by atoms with Gasteiger partial charge in [-0.2, -0.15) is 0 Å². The lowest BCUT2D eigenvalue weighted by Gasteiger charge is -2.36. The molecule has 0 amide bonds. The van der Waals surface area contributed by atoms with Gasteiger partial charge in [0.1, 0.15) is 5.82 Å². The van der Waals surface area contributed by atoms with Crippen molar-refractivity contribution in [2.75, 3.05) is 19.6 Å². The second kappa shape index (κ2) is 7.80. The van der Waals surface area contributed by atoms with Gasteiger partial charge < -0.3 is 0 Å². The molecule has 2 atom stereocenters. The molecule has 2 aromatic heterocycles. The van der Waals surface area contributed by atoms with Gasteiger partial charge in [0.2, 0.25) is 0 Å². The molecule has 26 heavy (non-hydrogen) atoms. The largest absolute Gasteiger partial charge is 0.297 e. The molecule has 2 aromatic rings.